The highest BCUT2D eigenvalue weighted by Crippen LogP contribution is 2.21. The number of hydrogen-bond acceptors (Lipinski definition) is 4. The standard InChI is InChI=1S/C16H12F4N2O4S/c17-11-2-1-8(3-14(11)27(24,25)22-10-6-26-7-10)16(23)21-9-4-12(18)15(20)13(19)5-9/h1-5,10,22H,6-7H2,(H,21,23). The van der Waals surface area contributed by atoms with Gasteiger partial charge in [-0.05, 0) is 18.2 Å². The van der Waals surface area contributed by atoms with Gasteiger partial charge in [0.05, 0.1) is 19.3 Å². The largest absolute Gasteiger partial charge is 0.378 e. The molecule has 2 aromatic rings. The van der Waals surface area contributed by atoms with E-state index in [4.69, 9.17) is 4.74 Å². The SMILES string of the molecule is O=C(Nc1cc(F)c(F)c(F)c1)c1ccc(F)c(S(=O)(=O)NC2COC2)c1. The molecule has 2 aromatic carbocycles. The number of anilines is 1. The Morgan fingerprint density at radius 1 is 1.00 bits per heavy atom. The van der Waals surface area contributed by atoms with Gasteiger partial charge in [-0.15, -0.1) is 0 Å². The van der Waals surface area contributed by atoms with Gasteiger partial charge in [0.2, 0.25) is 10.0 Å². The van der Waals surface area contributed by atoms with Crippen LogP contribution in [-0.2, 0) is 14.8 Å². The molecule has 0 bridgehead atoms. The lowest BCUT2D eigenvalue weighted by molar-refractivity contribution is 0.00480. The van der Waals surface area contributed by atoms with Gasteiger partial charge < -0.3 is 10.1 Å². The van der Waals surface area contributed by atoms with Crippen molar-refractivity contribution in [2.45, 2.75) is 10.9 Å². The van der Waals surface area contributed by atoms with Crippen molar-refractivity contribution < 1.29 is 35.5 Å². The number of ether oxygens (including phenoxy) is 1. The first kappa shape index (κ1) is 19.3. The van der Waals surface area contributed by atoms with Crippen molar-refractivity contribution in [1.82, 2.24) is 4.72 Å². The van der Waals surface area contributed by atoms with Crippen molar-refractivity contribution in [1.29, 1.82) is 0 Å². The lowest BCUT2D eigenvalue weighted by Crippen LogP contribution is -2.48. The average molecular weight is 404 g/mol. The van der Waals surface area contributed by atoms with Crippen molar-refractivity contribution in [3.05, 3.63) is 59.2 Å². The molecule has 3 rings (SSSR count). The van der Waals surface area contributed by atoms with Crippen LogP contribution >= 0.6 is 0 Å². The zero-order valence-electron chi connectivity index (χ0n) is 13.4. The topological polar surface area (TPSA) is 84.5 Å². The van der Waals surface area contributed by atoms with E-state index >= 15 is 0 Å². The number of carbonyl (C=O) groups is 1. The van der Waals surface area contributed by atoms with Gasteiger partial charge in [-0.25, -0.2) is 30.7 Å². The summed E-state index contributed by atoms with van der Waals surface area (Å²) < 4.78 is 84.9. The third-order valence-corrected chi connectivity index (χ3v) is 5.22. The molecule has 0 atom stereocenters. The highest BCUT2D eigenvalue weighted by Gasteiger charge is 2.28. The molecule has 6 nitrogen and oxygen atoms in total. The summed E-state index contributed by atoms with van der Waals surface area (Å²) in [6.45, 7) is 0.283. The highest BCUT2D eigenvalue weighted by molar-refractivity contribution is 7.89. The Bertz CT molecular complexity index is 986. The summed E-state index contributed by atoms with van der Waals surface area (Å²) in [6.07, 6.45) is 0. The number of carbonyl (C=O) groups excluding carboxylic acids is 1. The molecule has 0 unspecified atom stereocenters. The van der Waals surface area contributed by atoms with E-state index in [-0.39, 0.29) is 18.8 Å². The number of amides is 1. The van der Waals surface area contributed by atoms with Gasteiger partial charge in [0.1, 0.15) is 10.7 Å². The fourth-order valence-corrected chi connectivity index (χ4v) is 3.58. The second kappa shape index (κ2) is 7.25. The van der Waals surface area contributed by atoms with E-state index in [1.807, 2.05) is 0 Å². The van der Waals surface area contributed by atoms with Crippen molar-refractivity contribution in [2.24, 2.45) is 0 Å². The third-order valence-electron chi connectivity index (χ3n) is 3.68. The number of hydrogen-bond donors (Lipinski definition) is 2. The Morgan fingerprint density at radius 2 is 1.63 bits per heavy atom. The molecule has 1 fully saturated rings. The Kier molecular flexibility index (Phi) is 5.18. The van der Waals surface area contributed by atoms with Crippen LogP contribution in [0.15, 0.2) is 35.2 Å². The van der Waals surface area contributed by atoms with E-state index in [1.54, 1.807) is 0 Å². The summed E-state index contributed by atoms with van der Waals surface area (Å²) in [4.78, 5) is 11.4. The molecule has 0 radical (unpaired) electrons. The maximum atomic E-state index is 14.0. The van der Waals surface area contributed by atoms with Crippen LogP contribution < -0.4 is 10.0 Å². The van der Waals surface area contributed by atoms with Crippen molar-refractivity contribution >= 4 is 21.6 Å². The van der Waals surface area contributed by atoms with Crippen LogP contribution in [0.4, 0.5) is 23.2 Å². The minimum absolute atomic E-state index is 0.142. The smallest absolute Gasteiger partial charge is 0.255 e. The summed E-state index contributed by atoms with van der Waals surface area (Å²) >= 11 is 0. The molecular weight excluding hydrogens is 392 g/mol. The van der Waals surface area contributed by atoms with E-state index in [2.05, 4.69) is 10.0 Å². The van der Waals surface area contributed by atoms with Crippen LogP contribution in [0.5, 0.6) is 0 Å². The Morgan fingerprint density at radius 3 is 2.19 bits per heavy atom. The number of halogens is 4. The molecule has 27 heavy (non-hydrogen) atoms. The van der Waals surface area contributed by atoms with E-state index < -0.39 is 55.8 Å². The van der Waals surface area contributed by atoms with Gasteiger partial charge in [-0.2, -0.15) is 0 Å². The molecular formula is C16H12F4N2O4S. The first-order chi connectivity index (χ1) is 12.7. The lowest BCUT2D eigenvalue weighted by atomic mass is 10.2. The fourth-order valence-electron chi connectivity index (χ4n) is 2.27. The summed E-state index contributed by atoms with van der Waals surface area (Å²) in [5.41, 5.74) is -0.679. The number of sulfonamides is 1. The summed E-state index contributed by atoms with van der Waals surface area (Å²) in [5.74, 6) is -6.78. The second-order valence-electron chi connectivity index (χ2n) is 5.71. The molecule has 11 heteroatoms. The molecule has 0 aromatic heterocycles. The normalized spacial score (nSPS) is 14.7. The first-order valence-corrected chi connectivity index (χ1v) is 9.01. The van der Waals surface area contributed by atoms with E-state index in [1.165, 1.54) is 0 Å². The second-order valence-corrected chi connectivity index (χ2v) is 7.39. The van der Waals surface area contributed by atoms with Gasteiger partial charge in [-0.1, -0.05) is 0 Å². The molecule has 0 saturated carbocycles. The average Bonchev–Trinajstić information content (AvgIpc) is 2.56. The Labute approximate surface area is 151 Å². The van der Waals surface area contributed by atoms with Crippen LogP contribution in [0.1, 0.15) is 10.4 Å². The number of rotatable bonds is 5. The van der Waals surface area contributed by atoms with Crippen LogP contribution in [0.2, 0.25) is 0 Å². The van der Waals surface area contributed by atoms with E-state index in [0.717, 1.165) is 18.2 Å². The molecule has 1 aliphatic rings. The first-order valence-electron chi connectivity index (χ1n) is 7.53. The molecule has 0 spiro atoms. The maximum Gasteiger partial charge on any atom is 0.255 e. The molecule has 1 amide bonds. The van der Waals surface area contributed by atoms with E-state index in [9.17, 15) is 30.8 Å². The lowest BCUT2D eigenvalue weighted by Gasteiger charge is -2.26. The molecule has 144 valence electrons. The fraction of sp³-hybridized carbons (Fsp3) is 0.188. The third kappa shape index (κ3) is 4.10. The minimum Gasteiger partial charge on any atom is -0.378 e. The minimum atomic E-state index is -4.25. The monoisotopic (exact) mass is 404 g/mol. The Balaban J connectivity index is 1.85. The van der Waals surface area contributed by atoms with Crippen molar-refractivity contribution in [2.75, 3.05) is 18.5 Å². The van der Waals surface area contributed by atoms with Gasteiger partial charge >= 0.3 is 0 Å². The van der Waals surface area contributed by atoms with Crippen LogP contribution in [0.3, 0.4) is 0 Å². The summed E-state index contributed by atoms with van der Waals surface area (Å²) in [7, 11) is -4.25. The van der Waals surface area contributed by atoms with Gasteiger partial charge in [0, 0.05) is 23.4 Å². The maximum absolute atomic E-state index is 14.0. The molecule has 0 aliphatic carbocycles. The summed E-state index contributed by atoms with van der Waals surface area (Å²) in [6, 6.07) is 3.14. The zero-order chi connectivity index (χ0) is 19.8. The predicted molar refractivity (Wildman–Crippen MR) is 85.6 cm³/mol. The number of nitrogens with one attached hydrogen (secondary N) is 2. The van der Waals surface area contributed by atoms with Gasteiger partial charge in [0.25, 0.3) is 5.91 Å². The molecule has 1 saturated heterocycles. The summed E-state index contributed by atoms with van der Waals surface area (Å²) in [5, 5.41) is 2.09. The molecule has 1 aliphatic heterocycles. The van der Waals surface area contributed by atoms with Gasteiger partial charge in [0.15, 0.2) is 17.5 Å². The van der Waals surface area contributed by atoms with Crippen molar-refractivity contribution in [3.63, 3.8) is 0 Å². The Hall–Kier alpha value is -2.50. The van der Waals surface area contributed by atoms with Crippen LogP contribution in [-0.4, -0.2) is 33.6 Å². The molecule has 2 N–H and O–H groups in total. The number of benzene rings is 2. The predicted octanol–water partition coefficient (Wildman–Crippen LogP) is 2.17. The quantitative estimate of drug-likeness (QED) is 0.591. The molecule has 1 heterocycles. The van der Waals surface area contributed by atoms with Crippen molar-refractivity contribution in [3.8, 4) is 0 Å². The van der Waals surface area contributed by atoms with E-state index in [0.29, 0.717) is 12.1 Å². The van der Waals surface area contributed by atoms with Crippen LogP contribution in [0.25, 0.3) is 0 Å². The zero-order valence-corrected chi connectivity index (χ0v) is 14.2. The van der Waals surface area contributed by atoms with Gasteiger partial charge in [-0.3, -0.25) is 4.79 Å². The van der Waals surface area contributed by atoms with Crippen LogP contribution in [0, 0.1) is 23.3 Å². The highest BCUT2D eigenvalue weighted by atomic mass is 32.2.